The minimum Gasteiger partial charge on any atom is -0.349 e. The molecule has 4 nitrogen and oxygen atoms in total. The van der Waals surface area contributed by atoms with Gasteiger partial charge in [-0.3, -0.25) is 9.78 Å². The number of amides is 1. The van der Waals surface area contributed by atoms with E-state index in [1.54, 1.807) is 12.4 Å². The van der Waals surface area contributed by atoms with E-state index in [0.29, 0.717) is 5.92 Å². The van der Waals surface area contributed by atoms with Crippen molar-refractivity contribution >= 4 is 5.91 Å². The molecule has 2 unspecified atom stereocenters. The first kappa shape index (κ1) is 12.0. The third-order valence-electron chi connectivity index (χ3n) is 3.48. The Hall–Kier alpha value is -1.42. The molecule has 17 heavy (non-hydrogen) atoms. The molecule has 1 aromatic rings. The van der Waals surface area contributed by atoms with Crippen LogP contribution in [0.5, 0.6) is 0 Å². The van der Waals surface area contributed by atoms with Crippen molar-refractivity contribution in [3.05, 3.63) is 30.1 Å². The van der Waals surface area contributed by atoms with Crippen LogP contribution in [-0.2, 0) is 4.79 Å². The van der Waals surface area contributed by atoms with Gasteiger partial charge in [-0.1, -0.05) is 13.0 Å². The van der Waals surface area contributed by atoms with E-state index >= 15 is 0 Å². The van der Waals surface area contributed by atoms with Crippen LogP contribution in [0.4, 0.5) is 0 Å². The van der Waals surface area contributed by atoms with Gasteiger partial charge in [0.15, 0.2) is 0 Å². The summed E-state index contributed by atoms with van der Waals surface area (Å²) in [7, 11) is 0. The number of hydrogen-bond donors (Lipinski definition) is 2. The molecule has 0 aliphatic carbocycles. The van der Waals surface area contributed by atoms with Crippen LogP contribution in [0, 0.1) is 11.8 Å². The van der Waals surface area contributed by atoms with Crippen LogP contribution in [0.2, 0.25) is 0 Å². The Balaban J connectivity index is 1.89. The van der Waals surface area contributed by atoms with Gasteiger partial charge in [0.05, 0.1) is 6.04 Å². The molecule has 0 spiro atoms. The molecule has 0 aromatic carbocycles. The second-order valence-electron chi connectivity index (χ2n) is 4.72. The van der Waals surface area contributed by atoms with Crippen LogP contribution >= 0.6 is 0 Å². The van der Waals surface area contributed by atoms with Crippen LogP contribution in [0.3, 0.4) is 0 Å². The lowest BCUT2D eigenvalue weighted by atomic mass is 9.88. The van der Waals surface area contributed by atoms with Crippen molar-refractivity contribution in [1.82, 2.24) is 15.6 Å². The monoisotopic (exact) mass is 233 g/mol. The Morgan fingerprint density at radius 2 is 2.29 bits per heavy atom. The quantitative estimate of drug-likeness (QED) is 0.819. The molecule has 1 saturated heterocycles. The van der Waals surface area contributed by atoms with Gasteiger partial charge >= 0.3 is 0 Å². The van der Waals surface area contributed by atoms with Gasteiger partial charge in [-0.2, -0.15) is 0 Å². The fraction of sp³-hybridized carbons (Fsp3) is 0.538. The minimum absolute atomic E-state index is 0.0201. The normalized spacial score (nSPS) is 19.2. The Labute approximate surface area is 102 Å². The third kappa shape index (κ3) is 2.82. The van der Waals surface area contributed by atoms with Gasteiger partial charge in [0.2, 0.25) is 5.91 Å². The Kier molecular flexibility index (Phi) is 3.74. The molecule has 2 N–H and O–H groups in total. The molecule has 0 bridgehead atoms. The molecule has 1 aliphatic rings. The fourth-order valence-corrected chi connectivity index (χ4v) is 1.94. The number of rotatable bonds is 4. The van der Waals surface area contributed by atoms with Gasteiger partial charge in [-0.05, 0) is 37.6 Å². The van der Waals surface area contributed by atoms with E-state index in [-0.39, 0.29) is 17.9 Å². The molecule has 1 amide bonds. The van der Waals surface area contributed by atoms with Crippen molar-refractivity contribution in [2.75, 3.05) is 13.1 Å². The highest BCUT2D eigenvalue weighted by Crippen LogP contribution is 2.18. The summed E-state index contributed by atoms with van der Waals surface area (Å²) < 4.78 is 0. The Morgan fingerprint density at radius 1 is 1.53 bits per heavy atom. The molecule has 2 heterocycles. The summed E-state index contributed by atoms with van der Waals surface area (Å²) in [6.45, 7) is 5.89. The van der Waals surface area contributed by atoms with Crippen molar-refractivity contribution in [3.8, 4) is 0 Å². The molecule has 92 valence electrons. The molecule has 0 saturated carbocycles. The number of hydrogen-bond acceptors (Lipinski definition) is 3. The zero-order valence-electron chi connectivity index (χ0n) is 10.3. The average molecular weight is 233 g/mol. The van der Waals surface area contributed by atoms with E-state index in [1.165, 1.54) is 0 Å². The first-order valence-electron chi connectivity index (χ1n) is 6.09. The predicted molar refractivity (Wildman–Crippen MR) is 66.3 cm³/mol. The van der Waals surface area contributed by atoms with Gasteiger partial charge in [-0.25, -0.2) is 0 Å². The highest BCUT2D eigenvalue weighted by atomic mass is 16.1. The Morgan fingerprint density at radius 3 is 2.82 bits per heavy atom. The summed E-state index contributed by atoms with van der Waals surface area (Å²) in [5.74, 6) is 0.694. The van der Waals surface area contributed by atoms with Crippen LogP contribution < -0.4 is 10.6 Å². The summed E-state index contributed by atoms with van der Waals surface area (Å²) >= 11 is 0. The highest BCUT2D eigenvalue weighted by molar-refractivity contribution is 5.79. The van der Waals surface area contributed by atoms with Crippen molar-refractivity contribution in [2.24, 2.45) is 11.8 Å². The number of nitrogens with zero attached hydrogens (tertiary/aromatic N) is 1. The van der Waals surface area contributed by atoms with E-state index in [2.05, 4.69) is 15.6 Å². The molecular formula is C13H19N3O. The summed E-state index contributed by atoms with van der Waals surface area (Å²) in [5, 5.41) is 6.23. The maximum atomic E-state index is 12.0. The van der Waals surface area contributed by atoms with Crippen LogP contribution in [0.25, 0.3) is 0 Å². The zero-order chi connectivity index (χ0) is 12.3. The van der Waals surface area contributed by atoms with Gasteiger partial charge in [0.1, 0.15) is 0 Å². The van der Waals surface area contributed by atoms with E-state index in [9.17, 15) is 4.79 Å². The smallest absolute Gasteiger partial charge is 0.223 e. The van der Waals surface area contributed by atoms with Crippen molar-refractivity contribution < 1.29 is 4.79 Å². The first-order valence-corrected chi connectivity index (χ1v) is 6.09. The third-order valence-corrected chi connectivity index (χ3v) is 3.48. The summed E-state index contributed by atoms with van der Waals surface area (Å²) in [6, 6.07) is 3.89. The number of nitrogens with one attached hydrogen (secondary N) is 2. The number of carbonyl (C=O) groups is 1. The molecule has 4 heteroatoms. The summed E-state index contributed by atoms with van der Waals surface area (Å²) in [4.78, 5) is 16.1. The standard InChI is InChI=1S/C13H19N3O/c1-9(12-7-15-8-12)13(17)16-10(2)11-4-3-5-14-6-11/h3-6,9-10,12,15H,7-8H2,1-2H3,(H,16,17). The number of aromatic nitrogens is 1. The summed E-state index contributed by atoms with van der Waals surface area (Å²) in [5.41, 5.74) is 1.04. The largest absolute Gasteiger partial charge is 0.349 e. The minimum atomic E-state index is 0.0201. The lowest BCUT2D eigenvalue weighted by Crippen LogP contribution is -2.49. The molecule has 0 radical (unpaired) electrons. The SMILES string of the molecule is CC(NC(=O)C(C)C1CNC1)c1cccnc1. The second-order valence-corrected chi connectivity index (χ2v) is 4.72. The van der Waals surface area contributed by atoms with Crippen LogP contribution in [0.15, 0.2) is 24.5 Å². The molecule has 2 atom stereocenters. The van der Waals surface area contributed by atoms with Crippen molar-refractivity contribution in [3.63, 3.8) is 0 Å². The van der Waals surface area contributed by atoms with E-state index in [1.807, 2.05) is 26.0 Å². The topological polar surface area (TPSA) is 54.0 Å². The lowest BCUT2D eigenvalue weighted by Gasteiger charge is -2.32. The molecule has 1 fully saturated rings. The van der Waals surface area contributed by atoms with Crippen molar-refractivity contribution in [1.29, 1.82) is 0 Å². The van der Waals surface area contributed by atoms with Gasteiger partial charge < -0.3 is 10.6 Å². The lowest BCUT2D eigenvalue weighted by molar-refractivity contribution is -0.127. The molecule has 1 aromatic heterocycles. The molecule has 1 aliphatic heterocycles. The van der Waals surface area contributed by atoms with Crippen LogP contribution in [-0.4, -0.2) is 24.0 Å². The highest BCUT2D eigenvalue weighted by Gasteiger charge is 2.29. The fourth-order valence-electron chi connectivity index (χ4n) is 1.94. The zero-order valence-corrected chi connectivity index (χ0v) is 10.3. The predicted octanol–water partition coefficient (Wildman–Crippen LogP) is 1.11. The average Bonchev–Trinajstić information content (AvgIpc) is 2.27. The van der Waals surface area contributed by atoms with Gasteiger partial charge in [-0.15, -0.1) is 0 Å². The maximum absolute atomic E-state index is 12.0. The first-order chi connectivity index (χ1) is 8.18. The van der Waals surface area contributed by atoms with Gasteiger partial charge in [0.25, 0.3) is 0 Å². The van der Waals surface area contributed by atoms with Crippen molar-refractivity contribution in [2.45, 2.75) is 19.9 Å². The van der Waals surface area contributed by atoms with E-state index in [4.69, 9.17) is 0 Å². The molecular weight excluding hydrogens is 214 g/mol. The van der Waals surface area contributed by atoms with E-state index in [0.717, 1.165) is 18.7 Å². The van der Waals surface area contributed by atoms with Crippen LogP contribution in [0.1, 0.15) is 25.5 Å². The number of pyridine rings is 1. The van der Waals surface area contributed by atoms with E-state index < -0.39 is 0 Å². The number of carbonyl (C=O) groups excluding carboxylic acids is 1. The Bertz CT molecular complexity index is 376. The second kappa shape index (κ2) is 5.27. The van der Waals surface area contributed by atoms with Gasteiger partial charge in [0, 0.05) is 18.3 Å². The maximum Gasteiger partial charge on any atom is 0.223 e. The summed E-state index contributed by atoms with van der Waals surface area (Å²) in [6.07, 6.45) is 3.53. The molecule has 2 rings (SSSR count).